The van der Waals surface area contributed by atoms with Gasteiger partial charge in [0.2, 0.25) is 5.91 Å². The molecule has 1 aliphatic heterocycles. The Labute approximate surface area is 104 Å². The van der Waals surface area contributed by atoms with E-state index < -0.39 is 17.2 Å². The SMILES string of the molecule is CCC1(O)CN(C(=O)Cc2cccc(F)c2F)C1. The van der Waals surface area contributed by atoms with E-state index in [-0.39, 0.29) is 31.0 Å². The molecule has 0 unspecified atom stereocenters. The Morgan fingerprint density at radius 1 is 1.44 bits per heavy atom. The highest BCUT2D eigenvalue weighted by Gasteiger charge is 2.41. The van der Waals surface area contributed by atoms with E-state index in [9.17, 15) is 18.7 Å². The smallest absolute Gasteiger partial charge is 0.227 e. The first-order chi connectivity index (χ1) is 8.45. The fourth-order valence-corrected chi connectivity index (χ4v) is 2.02. The minimum Gasteiger partial charge on any atom is -0.386 e. The Balaban J connectivity index is 1.99. The Bertz CT molecular complexity index is 470. The maximum atomic E-state index is 13.4. The summed E-state index contributed by atoms with van der Waals surface area (Å²) >= 11 is 0. The van der Waals surface area contributed by atoms with Crippen LogP contribution in [-0.4, -0.2) is 34.6 Å². The lowest BCUT2D eigenvalue weighted by atomic mass is 9.91. The molecule has 1 heterocycles. The Hall–Kier alpha value is -1.49. The van der Waals surface area contributed by atoms with E-state index in [0.29, 0.717) is 6.42 Å². The molecule has 1 fully saturated rings. The maximum absolute atomic E-state index is 13.4. The van der Waals surface area contributed by atoms with Gasteiger partial charge in [-0.25, -0.2) is 8.78 Å². The molecule has 1 aromatic carbocycles. The minimum absolute atomic E-state index is 0.0481. The molecule has 0 aliphatic carbocycles. The van der Waals surface area contributed by atoms with Gasteiger partial charge in [0, 0.05) is 5.56 Å². The number of halogens is 2. The van der Waals surface area contributed by atoms with Crippen molar-refractivity contribution in [2.24, 2.45) is 0 Å². The second-order valence-corrected chi connectivity index (χ2v) is 4.72. The third-order valence-electron chi connectivity index (χ3n) is 3.35. The Kier molecular flexibility index (Phi) is 3.34. The standard InChI is InChI=1S/C13H15F2NO2/c1-2-13(18)7-16(8-13)11(17)6-9-4-3-5-10(14)12(9)15/h3-5,18H,2,6-8H2,1H3. The molecule has 1 saturated heterocycles. The van der Waals surface area contributed by atoms with Crippen LogP contribution in [0.1, 0.15) is 18.9 Å². The zero-order valence-electron chi connectivity index (χ0n) is 10.1. The first-order valence-corrected chi connectivity index (χ1v) is 5.88. The molecule has 18 heavy (non-hydrogen) atoms. The largest absolute Gasteiger partial charge is 0.386 e. The quantitative estimate of drug-likeness (QED) is 0.889. The van der Waals surface area contributed by atoms with Crippen LogP contribution in [0.25, 0.3) is 0 Å². The summed E-state index contributed by atoms with van der Waals surface area (Å²) in [4.78, 5) is 13.2. The van der Waals surface area contributed by atoms with E-state index in [4.69, 9.17) is 0 Å². The topological polar surface area (TPSA) is 40.5 Å². The molecule has 0 radical (unpaired) electrons. The van der Waals surface area contributed by atoms with Gasteiger partial charge in [-0.05, 0) is 12.5 Å². The van der Waals surface area contributed by atoms with Crippen LogP contribution < -0.4 is 0 Å². The van der Waals surface area contributed by atoms with Crippen LogP contribution in [0.15, 0.2) is 18.2 Å². The molecule has 5 heteroatoms. The minimum atomic E-state index is -0.975. The third-order valence-corrected chi connectivity index (χ3v) is 3.35. The number of β-amino-alcohol motifs (C(OH)–C–C–N with tert-alkyl or cyclic N) is 1. The van der Waals surface area contributed by atoms with Crippen molar-refractivity contribution in [1.82, 2.24) is 4.90 Å². The molecule has 2 rings (SSSR count). The van der Waals surface area contributed by atoms with Crippen LogP contribution in [0.5, 0.6) is 0 Å². The normalized spacial score (nSPS) is 17.4. The summed E-state index contributed by atoms with van der Waals surface area (Å²) in [6.45, 7) is 2.37. The first-order valence-electron chi connectivity index (χ1n) is 5.88. The highest BCUT2D eigenvalue weighted by molar-refractivity contribution is 5.80. The third kappa shape index (κ3) is 2.36. The molecule has 0 aromatic heterocycles. The van der Waals surface area contributed by atoms with E-state index >= 15 is 0 Å². The zero-order valence-corrected chi connectivity index (χ0v) is 10.1. The van der Waals surface area contributed by atoms with E-state index in [1.54, 1.807) is 0 Å². The van der Waals surface area contributed by atoms with Crippen LogP contribution in [0, 0.1) is 11.6 Å². The van der Waals surface area contributed by atoms with E-state index in [1.165, 1.54) is 17.0 Å². The molecule has 0 atom stereocenters. The van der Waals surface area contributed by atoms with E-state index in [1.807, 2.05) is 6.92 Å². The second-order valence-electron chi connectivity index (χ2n) is 4.72. The molecule has 0 saturated carbocycles. The Morgan fingerprint density at radius 3 is 2.72 bits per heavy atom. The van der Waals surface area contributed by atoms with Crippen molar-refractivity contribution in [3.63, 3.8) is 0 Å². The van der Waals surface area contributed by atoms with Gasteiger partial charge >= 0.3 is 0 Å². The predicted molar refractivity (Wildman–Crippen MR) is 61.9 cm³/mol. The van der Waals surface area contributed by atoms with Crippen LogP contribution >= 0.6 is 0 Å². The summed E-state index contributed by atoms with van der Waals surface area (Å²) < 4.78 is 26.3. The van der Waals surface area contributed by atoms with Gasteiger partial charge in [0.25, 0.3) is 0 Å². The molecule has 1 aliphatic rings. The summed E-state index contributed by atoms with van der Waals surface area (Å²) in [5.74, 6) is -2.22. The summed E-state index contributed by atoms with van der Waals surface area (Å²) in [6, 6.07) is 3.78. The number of aliphatic hydroxyl groups is 1. The molecule has 3 nitrogen and oxygen atoms in total. The average Bonchev–Trinajstić information content (AvgIpc) is 2.31. The maximum Gasteiger partial charge on any atom is 0.227 e. The second kappa shape index (κ2) is 4.65. The number of carbonyl (C=O) groups is 1. The Morgan fingerprint density at radius 2 is 2.11 bits per heavy atom. The predicted octanol–water partition coefficient (Wildman–Crippen LogP) is 1.49. The summed E-state index contributed by atoms with van der Waals surface area (Å²) in [6.07, 6.45) is 0.397. The molecule has 1 amide bonds. The number of nitrogens with zero attached hydrogens (tertiary/aromatic N) is 1. The lowest BCUT2D eigenvalue weighted by Gasteiger charge is -2.46. The zero-order chi connectivity index (χ0) is 13.3. The number of hydrogen-bond acceptors (Lipinski definition) is 2. The van der Waals surface area contributed by atoms with Crippen molar-refractivity contribution in [1.29, 1.82) is 0 Å². The number of likely N-dealkylation sites (tertiary alicyclic amines) is 1. The monoisotopic (exact) mass is 255 g/mol. The molecule has 0 bridgehead atoms. The van der Waals surface area contributed by atoms with Gasteiger partial charge in [0.15, 0.2) is 11.6 Å². The number of rotatable bonds is 3. The van der Waals surface area contributed by atoms with Crippen molar-refractivity contribution in [3.8, 4) is 0 Å². The van der Waals surface area contributed by atoms with Gasteiger partial charge in [-0.15, -0.1) is 0 Å². The van der Waals surface area contributed by atoms with Gasteiger partial charge in [0.1, 0.15) is 0 Å². The molecule has 1 aromatic rings. The average molecular weight is 255 g/mol. The van der Waals surface area contributed by atoms with Gasteiger partial charge < -0.3 is 10.0 Å². The molecular formula is C13H15F2NO2. The van der Waals surface area contributed by atoms with Crippen LogP contribution in [0.2, 0.25) is 0 Å². The van der Waals surface area contributed by atoms with Gasteiger partial charge in [-0.2, -0.15) is 0 Å². The van der Waals surface area contributed by atoms with E-state index in [0.717, 1.165) is 6.07 Å². The van der Waals surface area contributed by atoms with Crippen LogP contribution in [0.4, 0.5) is 8.78 Å². The molecule has 0 spiro atoms. The molecule has 1 N–H and O–H groups in total. The van der Waals surface area contributed by atoms with Gasteiger partial charge in [-0.3, -0.25) is 4.79 Å². The summed E-state index contributed by atoms with van der Waals surface area (Å²) in [7, 11) is 0. The van der Waals surface area contributed by atoms with Crippen molar-refractivity contribution in [2.75, 3.05) is 13.1 Å². The van der Waals surface area contributed by atoms with Crippen LogP contribution in [-0.2, 0) is 11.2 Å². The van der Waals surface area contributed by atoms with E-state index in [2.05, 4.69) is 0 Å². The highest BCUT2D eigenvalue weighted by atomic mass is 19.2. The first kappa shape index (κ1) is 13.0. The van der Waals surface area contributed by atoms with Gasteiger partial charge in [-0.1, -0.05) is 19.1 Å². The number of amides is 1. The summed E-state index contributed by atoms with van der Waals surface area (Å²) in [5.41, 5.74) is -0.761. The molecular weight excluding hydrogens is 240 g/mol. The lowest BCUT2D eigenvalue weighted by Crippen LogP contribution is -2.63. The van der Waals surface area contributed by atoms with Crippen molar-refractivity contribution < 1.29 is 18.7 Å². The molecule has 98 valence electrons. The fraction of sp³-hybridized carbons (Fsp3) is 0.462. The lowest BCUT2D eigenvalue weighted by molar-refractivity contribution is -0.155. The van der Waals surface area contributed by atoms with Crippen molar-refractivity contribution in [3.05, 3.63) is 35.4 Å². The van der Waals surface area contributed by atoms with Crippen molar-refractivity contribution in [2.45, 2.75) is 25.4 Å². The fourth-order valence-electron chi connectivity index (χ4n) is 2.02. The number of benzene rings is 1. The van der Waals surface area contributed by atoms with Crippen molar-refractivity contribution >= 4 is 5.91 Å². The highest BCUT2D eigenvalue weighted by Crippen LogP contribution is 2.25. The van der Waals surface area contributed by atoms with Gasteiger partial charge in [0.05, 0.1) is 25.1 Å². The van der Waals surface area contributed by atoms with Crippen LogP contribution in [0.3, 0.4) is 0 Å². The number of carbonyl (C=O) groups excluding carboxylic acids is 1. The summed E-state index contributed by atoms with van der Waals surface area (Å²) in [5, 5.41) is 9.77. The number of hydrogen-bond donors (Lipinski definition) is 1.